The van der Waals surface area contributed by atoms with Crippen LogP contribution in [0.25, 0.3) is 10.2 Å². The fraction of sp³-hybridized carbons (Fsp3) is 0.357. The van der Waals surface area contributed by atoms with Crippen molar-refractivity contribution in [3.63, 3.8) is 0 Å². The quantitative estimate of drug-likeness (QED) is 0.941. The van der Waals surface area contributed by atoms with E-state index in [9.17, 15) is 9.59 Å². The van der Waals surface area contributed by atoms with Gasteiger partial charge in [0.15, 0.2) is 0 Å². The summed E-state index contributed by atoms with van der Waals surface area (Å²) in [5.41, 5.74) is 3.31. The third-order valence-electron chi connectivity index (χ3n) is 3.61. The van der Waals surface area contributed by atoms with Crippen LogP contribution in [0.1, 0.15) is 23.2 Å². The van der Waals surface area contributed by atoms with Crippen LogP contribution < -0.4 is 0 Å². The van der Waals surface area contributed by atoms with Crippen molar-refractivity contribution in [2.24, 2.45) is 5.92 Å². The van der Waals surface area contributed by atoms with Gasteiger partial charge in [-0.25, -0.2) is 4.98 Å². The Labute approximate surface area is 119 Å². The molecular formula is C14H14N2O3S. The van der Waals surface area contributed by atoms with Gasteiger partial charge in [0.05, 0.1) is 15.7 Å². The summed E-state index contributed by atoms with van der Waals surface area (Å²) in [5.74, 6) is -0.743. The molecular weight excluding hydrogens is 276 g/mol. The summed E-state index contributed by atoms with van der Waals surface area (Å²) in [6.07, 6.45) is 0.901. The highest BCUT2D eigenvalue weighted by Crippen LogP contribution is 2.24. The molecule has 1 amide bonds. The molecule has 1 N–H and O–H groups in total. The van der Waals surface area contributed by atoms with Crippen LogP contribution in [0.15, 0.2) is 23.7 Å². The Morgan fingerprint density at radius 2 is 2.30 bits per heavy atom. The van der Waals surface area contributed by atoms with Crippen molar-refractivity contribution in [3.8, 4) is 0 Å². The standard InChI is InChI=1S/C14H14N2O3S/c17-13(18)5-9-3-4-16(7-9)14(19)10-1-2-11-12(6-10)20-8-15-11/h1-2,6,8-9H,3-5,7H2,(H,17,18). The Morgan fingerprint density at radius 1 is 1.45 bits per heavy atom. The number of thiazole rings is 1. The molecule has 1 atom stereocenters. The smallest absolute Gasteiger partial charge is 0.303 e. The van der Waals surface area contributed by atoms with Gasteiger partial charge in [-0.15, -0.1) is 11.3 Å². The van der Waals surface area contributed by atoms with Crippen molar-refractivity contribution < 1.29 is 14.7 Å². The predicted molar refractivity (Wildman–Crippen MR) is 75.9 cm³/mol. The third kappa shape index (κ3) is 2.51. The van der Waals surface area contributed by atoms with Gasteiger partial charge in [0.2, 0.25) is 0 Å². The number of benzene rings is 1. The number of aromatic nitrogens is 1. The molecule has 1 aromatic heterocycles. The molecule has 0 radical (unpaired) electrons. The number of aliphatic carboxylic acids is 1. The van der Waals surface area contributed by atoms with Crippen molar-refractivity contribution in [2.75, 3.05) is 13.1 Å². The maximum absolute atomic E-state index is 12.4. The number of carbonyl (C=O) groups is 2. The number of likely N-dealkylation sites (tertiary alicyclic amines) is 1. The lowest BCUT2D eigenvalue weighted by atomic mass is 10.1. The lowest BCUT2D eigenvalue weighted by molar-refractivity contribution is -0.138. The number of rotatable bonds is 3. The average Bonchev–Trinajstić information content (AvgIpc) is 3.04. The maximum atomic E-state index is 12.4. The first kappa shape index (κ1) is 13.1. The summed E-state index contributed by atoms with van der Waals surface area (Å²) in [7, 11) is 0. The van der Waals surface area contributed by atoms with Crippen LogP contribution in [-0.4, -0.2) is 40.0 Å². The zero-order valence-electron chi connectivity index (χ0n) is 10.8. The molecule has 5 nitrogen and oxygen atoms in total. The van der Waals surface area contributed by atoms with Crippen LogP contribution in [0.5, 0.6) is 0 Å². The lowest BCUT2D eigenvalue weighted by Gasteiger charge is -2.16. The molecule has 1 aromatic carbocycles. The summed E-state index contributed by atoms with van der Waals surface area (Å²) in [5, 5.41) is 8.80. The largest absolute Gasteiger partial charge is 0.481 e. The molecule has 6 heteroatoms. The Morgan fingerprint density at radius 3 is 3.10 bits per heavy atom. The Kier molecular flexibility index (Phi) is 3.40. The van der Waals surface area contributed by atoms with Crippen molar-refractivity contribution in [1.82, 2.24) is 9.88 Å². The third-order valence-corrected chi connectivity index (χ3v) is 4.41. The van der Waals surface area contributed by atoms with Gasteiger partial charge in [0.1, 0.15) is 0 Å². The van der Waals surface area contributed by atoms with Crippen LogP contribution in [0.3, 0.4) is 0 Å². The fourth-order valence-electron chi connectivity index (χ4n) is 2.60. The van der Waals surface area contributed by atoms with Crippen LogP contribution in [0.2, 0.25) is 0 Å². The predicted octanol–water partition coefficient (Wildman–Crippen LogP) is 2.23. The number of carbonyl (C=O) groups excluding carboxylic acids is 1. The molecule has 2 heterocycles. The van der Waals surface area contributed by atoms with Crippen molar-refractivity contribution >= 4 is 33.4 Å². The highest BCUT2D eigenvalue weighted by molar-refractivity contribution is 7.16. The Bertz CT molecular complexity index is 667. The summed E-state index contributed by atoms with van der Waals surface area (Å²) >= 11 is 1.51. The molecule has 1 saturated heterocycles. The van der Waals surface area contributed by atoms with Gasteiger partial charge in [-0.1, -0.05) is 0 Å². The molecule has 0 saturated carbocycles. The Hall–Kier alpha value is -1.95. The molecule has 1 aliphatic rings. The highest BCUT2D eigenvalue weighted by Gasteiger charge is 2.28. The number of nitrogens with zero attached hydrogens (tertiary/aromatic N) is 2. The molecule has 2 aromatic rings. The lowest BCUT2D eigenvalue weighted by Crippen LogP contribution is -2.28. The van der Waals surface area contributed by atoms with Gasteiger partial charge in [-0.05, 0) is 30.5 Å². The minimum atomic E-state index is -0.796. The second-order valence-corrected chi connectivity index (χ2v) is 5.92. The summed E-state index contributed by atoms with van der Waals surface area (Å²) in [6, 6.07) is 5.50. The summed E-state index contributed by atoms with van der Waals surface area (Å²) < 4.78 is 0.997. The van der Waals surface area contributed by atoms with E-state index in [1.54, 1.807) is 16.5 Å². The van der Waals surface area contributed by atoms with E-state index in [1.165, 1.54) is 11.3 Å². The topological polar surface area (TPSA) is 70.5 Å². The molecule has 104 valence electrons. The van der Waals surface area contributed by atoms with E-state index in [1.807, 2.05) is 12.1 Å². The zero-order chi connectivity index (χ0) is 14.1. The number of amides is 1. The monoisotopic (exact) mass is 290 g/mol. The van der Waals surface area contributed by atoms with Gasteiger partial charge in [0, 0.05) is 25.1 Å². The van der Waals surface area contributed by atoms with Crippen molar-refractivity contribution in [3.05, 3.63) is 29.3 Å². The van der Waals surface area contributed by atoms with E-state index in [4.69, 9.17) is 5.11 Å². The zero-order valence-corrected chi connectivity index (χ0v) is 11.6. The minimum Gasteiger partial charge on any atom is -0.481 e. The van der Waals surface area contributed by atoms with Gasteiger partial charge < -0.3 is 10.0 Å². The number of hydrogen-bond acceptors (Lipinski definition) is 4. The van der Waals surface area contributed by atoms with E-state index < -0.39 is 5.97 Å². The van der Waals surface area contributed by atoms with E-state index in [-0.39, 0.29) is 18.2 Å². The second-order valence-electron chi connectivity index (χ2n) is 5.04. The highest BCUT2D eigenvalue weighted by atomic mass is 32.1. The van der Waals surface area contributed by atoms with Gasteiger partial charge >= 0.3 is 5.97 Å². The van der Waals surface area contributed by atoms with Crippen LogP contribution in [0.4, 0.5) is 0 Å². The van der Waals surface area contributed by atoms with Gasteiger partial charge in [-0.3, -0.25) is 9.59 Å². The van der Waals surface area contributed by atoms with Crippen molar-refractivity contribution in [2.45, 2.75) is 12.8 Å². The fourth-order valence-corrected chi connectivity index (χ4v) is 3.32. The first-order chi connectivity index (χ1) is 9.63. The number of fused-ring (bicyclic) bond motifs is 1. The first-order valence-corrected chi connectivity index (χ1v) is 7.36. The normalized spacial score (nSPS) is 18.6. The van der Waals surface area contributed by atoms with Crippen LogP contribution >= 0.6 is 11.3 Å². The summed E-state index contributed by atoms with van der Waals surface area (Å²) in [4.78, 5) is 29.1. The summed E-state index contributed by atoms with van der Waals surface area (Å²) in [6.45, 7) is 1.17. The number of carboxylic acid groups (broad SMARTS) is 1. The molecule has 20 heavy (non-hydrogen) atoms. The van der Waals surface area contributed by atoms with Gasteiger partial charge in [0.25, 0.3) is 5.91 Å². The minimum absolute atomic E-state index is 0.0202. The van der Waals surface area contributed by atoms with Gasteiger partial charge in [-0.2, -0.15) is 0 Å². The number of hydrogen-bond donors (Lipinski definition) is 1. The first-order valence-electron chi connectivity index (χ1n) is 6.48. The molecule has 3 rings (SSSR count). The van der Waals surface area contributed by atoms with Crippen LogP contribution in [-0.2, 0) is 4.79 Å². The van der Waals surface area contributed by atoms with Crippen LogP contribution in [0, 0.1) is 5.92 Å². The average molecular weight is 290 g/mol. The SMILES string of the molecule is O=C(O)CC1CCN(C(=O)c2ccc3ncsc3c2)C1. The van der Waals surface area contributed by atoms with E-state index >= 15 is 0 Å². The Balaban J connectivity index is 1.74. The van der Waals surface area contributed by atoms with Crippen molar-refractivity contribution in [1.29, 1.82) is 0 Å². The molecule has 1 aliphatic heterocycles. The number of carboxylic acids is 1. The molecule has 0 bridgehead atoms. The second kappa shape index (κ2) is 5.20. The molecule has 1 fully saturated rings. The van der Waals surface area contributed by atoms with E-state index in [0.29, 0.717) is 18.7 Å². The molecule has 0 spiro atoms. The van der Waals surface area contributed by atoms with E-state index in [2.05, 4.69) is 4.98 Å². The van der Waals surface area contributed by atoms with E-state index in [0.717, 1.165) is 16.6 Å². The maximum Gasteiger partial charge on any atom is 0.303 e. The molecule has 0 aliphatic carbocycles. The molecule has 1 unspecified atom stereocenters.